The monoisotopic (exact) mass is 227 g/mol. The summed E-state index contributed by atoms with van der Waals surface area (Å²) >= 11 is 0. The third-order valence-corrected chi connectivity index (χ3v) is 2.06. The second kappa shape index (κ2) is 5.26. The Bertz CT molecular complexity index is 363. The minimum absolute atomic E-state index is 0.320. The third kappa shape index (κ3) is 3.06. The summed E-state index contributed by atoms with van der Waals surface area (Å²) in [6, 6.07) is 1.13. The number of aliphatic carboxylic acids is 1. The standard InChI is InChI=1S/C9H13N3O4/c1-6(12-4-2-3-11-12)8(14)10-5-7(13)9(15)16/h2-4,6-7,13H,5H2,1H3,(H,10,14)(H,15,16)/t6?,7-/m0/s1. The number of carboxylic acids is 1. The average Bonchev–Trinajstić information content (AvgIpc) is 2.77. The van der Waals surface area contributed by atoms with Gasteiger partial charge in [-0.1, -0.05) is 0 Å². The molecule has 0 saturated heterocycles. The van der Waals surface area contributed by atoms with Crippen LogP contribution in [0.25, 0.3) is 0 Å². The van der Waals surface area contributed by atoms with Crippen LogP contribution < -0.4 is 5.32 Å². The van der Waals surface area contributed by atoms with E-state index < -0.39 is 24.0 Å². The summed E-state index contributed by atoms with van der Waals surface area (Å²) in [5, 5.41) is 23.5. The van der Waals surface area contributed by atoms with E-state index in [-0.39, 0.29) is 6.54 Å². The Morgan fingerprint density at radius 2 is 2.25 bits per heavy atom. The SMILES string of the molecule is CC(C(=O)NC[C@H](O)C(=O)O)n1cccn1. The van der Waals surface area contributed by atoms with Crippen LogP contribution in [0.5, 0.6) is 0 Å². The molecule has 2 atom stereocenters. The smallest absolute Gasteiger partial charge is 0.334 e. The van der Waals surface area contributed by atoms with Gasteiger partial charge in [-0.05, 0) is 13.0 Å². The Balaban J connectivity index is 2.44. The summed E-state index contributed by atoms with van der Waals surface area (Å²) in [7, 11) is 0. The van der Waals surface area contributed by atoms with Crippen LogP contribution in [0.2, 0.25) is 0 Å². The maximum absolute atomic E-state index is 11.5. The zero-order valence-electron chi connectivity index (χ0n) is 8.70. The average molecular weight is 227 g/mol. The molecule has 0 saturated carbocycles. The first-order valence-electron chi connectivity index (χ1n) is 4.70. The lowest BCUT2D eigenvalue weighted by molar-refractivity contribution is -0.146. The fourth-order valence-electron chi connectivity index (χ4n) is 1.06. The van der Waals surface area contributed by atoms with Gasteiger partial charge in [0.1, 0.15) is 6.04 Å². The van der Waals surface area contributed by atoms with Crippen LogP contribution in [0.4, 0.5) is 0 Å². The van der Waals surface area contributed by atoms with E-state index in [1.165, 1.54) is 10.9 Å². The molecule has 0 aromatic carbocycles. The maximum atomic E-state index is 11.5. The molecule has 0 aliphatic heterocycles. The van der Waals surface area contributed by atoms with Gasteiger partial charge < -0.3 is 15.5 Å². The predicted molar refractivity (Wildman–Crippen MR) is 53.6 cm³/mol. The number of hydrogen-bond donors (Lipinski definition) is 3. The van der Waals surface area contributed by atoms with Crippen LogP contribution >= 0.6 is 0 Å². The van der Waals surface area contributed by atoms with Crippen molar-refractivity contribution in [3.63, 3.8) is 0 Å². The minimum atomic E-state index is -1.59. The van der Waals surface area contributed by atoms with Gasteiger partial charge >= 0.3 is 5.97 Å². The van der Waals surface area contributed by atoms with E-state index >= 15 is 0 Å². The molecule has 0 aliphatic carbocycles. The topological polar surface area (TPSA) is 104 Å². The van der Waals surface area contributed by atoms with E-state index in [0.29, 0.717) is 0 Å². The minimum Gasteiger partial charge on any atom is -0.479 e. The van der Waals surface area contributed by atoms with E-state index in [0.717, 1.165) is 0 Å². The van der Waals surface area contributed by atoms with Crippen molar-refractivity contribution in [2.24, 2.45) is 0 Å². The van der Waals surface area contributed by atoms with Gasteiger partial charge in [-0.15, -0.1) is 0 Å². The summed E-state index contributed by atoms with van der Waals surface area (Å²) < 4.78 is 1.43. The molecular formula is C9H13N3O4. The normalized spacial score (nSPS) is 14.1. The van der Waals surface area contributed by atoms with Crippen LogP contribution in [0.3, 0.4) is 0 Å². The summed E-state index contributed by atoms with van der Waals surface area (Å²) in [5.41, 5.74) is 0. The number of aromatic nitrogens is 2. The number of aliphatic hydroxyl groups is 1. The third-order valence-electron chi connectivity index (χ3n) is 2.06. The van der Waals surface area contributed by atoms with Crippen LogP contribution in [-0.4, -0.2) is 44.5 Å². The number of amides is 1. The van der Waals surface area contributed by atoms with Crippen molar-refractivity contribution >= 4 is 11.9 Å². The fraction of sp³-hybridized carbons (Fsp3) is 0.444. The lowest BCUT2D eigenvalue weighted by atomic mass is 10.3. The molecule has 1 heterocycles. The highest BCUT2D eigenvalue weighted by Crippen LogP contribution is 2.02. The van der Waals surface area contributed by atoms with E-state index in [2.05, 4.69) is 10.4 Å². The van der Waals surface area contributed by atoms with Crippen LogP contribution in [0.1, 0.15) is 13.0 Å². The van der Waals surface area contributed by atoms with E-state index in [1.807, 2.05) is 0 Å². The molecule has 1 amide bonds. The summed E-state index contributed by atoms with van der Waals surface area (Å²) in [6.45, 7) is 1.30. The maximum Gasteiger partial charge on any atom is 0.334 e. The number of carbonyl (C=O) groups is 2. The van der Waals surface area contributed by atoms with Gasteiger partial charge in [0, 0.05) is 12.4 Å². The van der Waals surface area contributed by atoms with Crippen LogP contribution in [0.15, 0.2) is 18.5 Å². The molecule has 0 radical (unpaired) electrons. The van der Waals surface area contributed by atoms with Gasteiger partial charge in [-0.3, -0.25) is 9.48 Å². The van der Waals surface area contributed by atoms with Crippen molar-refractivity contribution in [1.29, 1.82) is 0 Å². The fourth-order valence-corrected chi connectivity index (χ4v) is 1.06. The molecule has 1 aromatic heterocycles. The van der Waals surface area contributed by atoms with Crippen molar-refractivity contribution in [3.05, 3.63) is 18.5 Å². The molecule has 3 N–H and O–H groups in total. The van der Waals surface area contributed by atoms with E-state index in [1.54, 1.807) is 19.2 Å². The number of carboxylic acid groups (broad SMARTS) is 1. The second-order valence-electron chi connectivity index (χ2n) is 3.26. The Morgan fingerprint density at radius 3 is 2.75 bits per heavy atom. The number of hydrogen-bond acceptors (Lipinski definition) is 4. The second-order valence-corrected chi connectivity index (χ2v) is 3.26. The molecule has 0 bridgehead atoms. The molecule has 88 valence electrons. The van der Waals surface area contributed by atoms with Gasteiger partial charge in [0.25, 0.3) is 0 Å². The highest BCUT2D eigenvalue weighted by Gasteiger charge is 2.18. The molecule has 1 unspecified atom stereocenters. The molecule has 1 rings (SSSR count). The Labute approximate surface area is 91.7 Å². The first kappa shape index (κ1) is 12.2. The zero-order chi connectivity index (χ0) is 12.1. The molecule has 0 fully saturated rings. The number of rotatable bonds is 5. The van der Waals surface area contributed by atoms with Gasteiger partial charge in [0.15, 0.2) is 6.10 Å². The Morgan fingerprint density at radius 1 is 1.56 bits per heavy atom. The predicted octanol–water partition coefficient (Wildman–Crippen LogP) is -0.994. The van der Waals surface area contributed by atoms with Crippen LogP contribution in [-0.2, 0) is 9.59 Å². The van der Waals surface area contributed by atoms with Gasteiger partial charge in [0.05, 0.1) is 6.54 Å². The quantitative estimate of drug-likeness (QED) is 0.598. The van der Waals surface area contributed by atoms with Crippen molar-refractivity contribution in [1.82, 2.24) is 15.1 Å². The van der Waals surface area contributed by atoms with Gasteiger partial charge in [0.2, 0.25) is 5.91 Å². The van der Waals surface area contributed by atoms with Crippen molar-refractivity contribution in [2.45, 2.75) is 19.1 Å². The Hall–Kier alpha value is -1.89. The largest absolute Gasteiger partial charge is 0.479 e. The summed E-state index contributed by atoms with van der Waals surface area (Å²) in [4.78, 5) is 21.8. The molecule has 16 heavy (non-hydrogen) atoms. The summed E-state index contributed by atoms with van der Waals surface area (Å²) in [6.07, 6.45) is 1.57. The number of nitrogens with zero attached hydrogens (tertiary/aromatic N) is 2. The highest BCUT2D eigenvalue weighted by atomic mass is 16.4. The van der Waals surface area contributed by atoms with Crippen molar-refractivity contribution in [3.8, 4) is 0 Å². The lowest BCUT2D eigenvalue weighted by Gasteiger charge is -2.13. The zero-order valence-corrected chi connectivity index (χ0v) is 8.70. The van der Waals surface area contributed by atoms with E-state index in [9.17, 15) is 9.59 Å². The number of carbonyl (C=O) groups excluding carboxylic acids is 1. The molecule has 7 heteroatoms. The van der Waals surface area contributed by atoms with Crippen LogP contribution in [0, 0.1) is 0 Å². The first-order valence-corrected chi connectivity index (χ1v) is 4.70. The van der Waals surface area contributed by atoms with Crippen molar-refractivity contribution in [2.75, 3.05) is 6.54 Å². The number of nitrogens with one attached hydrogen (secondary N) is 1. The molecule has 0 spiro atoms. The number of aliphatic hydroxyl groups excluding tert-OH is 1. The highest BCUT2D eigenvalue weighted by molar-refractivity contribution is 5.80. The summed E-state index contributed by atoms with van der Waals surface area (Å²) in [5.74, 6) is -1.77. The first-order chi connectivity index (χ1) is 7.52. The molecular weight excluding hydrogens is 214 g/mol. The molecule has 7 nitrogen and oxygen atoms in total. The van der Waals surface area contributed by atoms with E-state index in [4.69, 9.17) is 10.2 Å². The van der Waals surface area contributed by atoms with Crippen molar-refractivity contribution < 1.29 is 19.8 Å². The molecule has 1 aromatic rings. The van der Waals surface area contributed by atoms with Gasteiger partial charge in [-0.25, -0.2) is 4.79 Å². The Kier molecular flexibility index (Phi) is 4.01. The van der Waals surface area contributed by atoms with Gasteiger partial charge in [-0.2, -0.15) is 5.10 Å². The lowest BCUT2D eigenvalue weighted by Crippen LogP contribution is -2.39. The molecule has 0 aliphatic rings.